The Labute approximate surface area is 106 Å². The van der Waals surface area contributed by atoms with Gasteiger partial charge in [-0.2, -0.15) is 0 Å². The lowest BCUT2D eigenvalue weighted by molar-refractivity contribution is -0.137. The van der Waals surface area contributed by atoms with Crippen molar-refractivity contribution in [3.8, 4) is 0 Å². The van der Waals surface area contributed by atoms with Crippen LogP contribution in [0.4, 0.5) is 0 Å². The summed E-state index contributed by atoms with van der Waals surface area (Å²) in [6.07, 6.45) is 10.4. The summed E-state index contributed by atoms with van der Waals surface area (Å²) in [4.78, 5) is 14.5. The molecule has 2 unspecified atom stereocenters. The Morgan fingerprint density at radius 3 is 2.33 bits per heavy atom. The quantitative estimate of drug-likeness (QED) is 0.792. The summed E-state index contributed by atoms with van der Waals surface area (Å²) >= 11 is 0. The van der Waals surface area contributed by atoms with E-state index in [1.54, 1.807) is 6.20 Å². The second-order valence-corrected chi connectivity index (χ2v) is 5.91. The molecule has 2 aliphatic heterocycles. The third-order valence-corrected chi connectivity index (χ3v) is 4.70. The van der Waals surface area contributed by atoms with Crippen molar-refractivity contribution < 1.29 is 4.79 Å². The van der Waals surface area contributed by atoms with E-state index in [9.17, 15) is 4.79 Å². The zero-order valence-corrected chi connectivity index (χ0v) is 10.4. The van der Waals surface area contributed by atoms with E-state index < -0.39 is 0 Å². The van der Waals surface area contributed by atoms with Gasteiger partial charge in [-0.1, -0.05) is 5.21 Å². The Balaban J connectivity index is 1.53. The minimum absolute atomic E-state index is 0.357. The number of hydrogen-bond acceptors (Lipinski definition) is 3. The first-order valence-corrected chi connectivity index (χ1v) is 7.01. The number of piperidine rings is 1. The number of carbonyl (C=O) groups excluding carboxylic acids is 1. The number of carbonyl (C=O) groups is 1. The zero-order valence-electron chi connectivity index (χ0n) is 10.4. The van der Waals surface area contributed by atoms with E-state index in [4.69, 9.17) is 0 Å². The molecule has 5 nitrogen and oxygen atoms in total. The van der Waals surface area contributed by atoms with Crippen molar-refractivity contribution in [3.63, 3.8) is 0 Å². The van der Waals surface area contributed by atoms with Gasteiger partial charge in [-0.3, -0.25) is 4.79 Å². The van der Waals surface area contributed by atoms with Crippen molar-refractivity contribution in [1.29, 1.82) is 0 Å². The van der Waals surface area contributed by atoms with E-state index in [2.05, 4.69) is 15.2 Å². The number of amides is 1. The largest absolute Gasteiger partial charge is 0.336 e. The molecule has 1 saturated carbocycles. The Morgan fingerprint density at radius 1 is 1.06 bits per heavy atom. The minimum Gasteiger partial charge on any atom is -0.336 e. The topological polar surface area (TPSA) is 51.0 Å². The second kappa shape index (κ2) is 3.80. The Bertz CT molecular complexity index is 440. The molecule has 1 aromatic heterocycles. The number of nitrogens with zero attached hydrogens (tertiary/aromatic N) is 4. The lowest BCUT2D eigenvalue weighted by atomic mass is 9.97. The van der Waals surface area contributed by atoms with Crippen molar-refractivity contribution in [3.05, 3.63) is 12.4 Å². The van der Waals surface area contributed by atoms with Gasteiger partial charge >= 0.3 is 0 Å². The monoisotopic (exact) mass is 246 g/mol. The summed E-state index contributed by atoms with van der Waals surface area (Å²) in [5.74, 6) is 0.788. The van der Waals surface area contributed by atoms with Crippen LogP contribution in [0.1, 0.15) is 44.6 Å². The molecule has 1 amide bonds. The van der Waals surface area contributed by atoms with Crippen LogP contribution in [0.25, 0.3) is 0 Å². The summed E-state index contributed by atoms with van der Waals surface area (Å²) in [5, 5.41) is 8.01. The van der Waals surface area contributed by atoms with E-state index >= 15 is 0 Å². The van der Waals surface area contributed by atoms with Gasteiger partial charge in [-0.15, -0.1) is 5.10 Å². The van der Waals surface area contributed by atoms with Gasteiger partial charge in [0.2, 0.25) is 5.91 Å². The summed E-state index contributed by atoms with van der Waals surface area (Å²) in [6.45, 7) is 0. The molecule has 3 heterocycles. The van der Waals surface area contributed by atoms with Gasteiger partial charge in [-0.25, -0.2) is 4.68 Å². The maximum absolute atomic E-state index is 12.3. The minimum atomic E-state index is 0.357. The normalized spacial score (nSPS) is 34.9. The standard InChI is InChI=1S/C13H18N4O/c18-13(9-1-2-9)17-10-3-4-11(17)8-12(7-10)16-6-5-14-15-16/h5-6,9-12H,1-4,7-8H2. The number of fused-ring (bicyclic) bond motifs is 2. The second-order valence-electron chi connectivity index (χ2n) is 5.91. The molecule has 1 aromatic rings. The molecular weight excluding hydrogens is 228 g/mol. The maximum Gasteiger partial charge on any atom is 0.226 e. The van der Waals surface area contributed by atoms with Crippen LogP contribution >= 0.6 is 0 Å². The van der Waals surface area contributed by atoms with Gasteiger partial charge in [0, 0.05) is 24.2 Å². The fourth-order valence-electron chi connectivity index (χ4n) is 3.68. The maximum atomic E-state index is 12.3. The van der Waals surface area contributed by atoms with E-state index in [0.717, 1.165) is 25.7 Å². The molecule has 2 atom stereocenters. The molecule has 0 aromatic carbocycles. The fourth-order valence-corrected chi connectivity index (χ4v) is 3.68. The highest BCUT2D eigenvalue weighted by Gasteiger charge is 2.47. The summed E-state index contributed by atoms with van der Waals surface area (Å²) in [5.41, 5.74) is 0. The molecule has 0 N–H and O–H groups in total. The molecular formula is C13H18N4O. The van der Waals surface area contributed by atoms with Crippen LogP contribution in [-0.2, 0) is 4.79 Å². The van der Waals surface area contributed by atoms with Crippen molar-refractivity contribution in [1.82, 2.24) is 19.9 Å². The average molecular weight is 246 g/mol. The van der Waals surface area contributed by atoms with Crippen LogP contribution in [0.15, 0.2) is 12.4 Å². The zero-order chi connectivity index (χ0) is 12.1. The summed E-state index contributed by atoms with van der Waals surface area (Å²) < 4.78 is 1.98. The van der Waals surface area contributed by atoms with Crippen molar-refractivity contribution in [2.75, 3.05) is 0 Å². The van der Waals surface area contributed by atoms with Crippen LogP contribution in [0.3, 0.4) is 0 Å². The van der Waals surface area contributed by atoms with E-state index in [1.807, 2.05) is 10.9 Å². The predicted octanol–water partition coefficient (Wildman–Crippen LogP) is 1.38. The van der Waals surface area contributed by atoms with Crippen LogP contribution in [-0.4, -0.2) is 37.9 Å². The van der Waals surface area contributed by atoms with Gasteiger partial charge in [-0.05, 0) is 38.5 Å². The van der Waals surface area contributed by atoms with Gasteiger partial charge in [0.15, 0.2) is 0 Å². The lowest BCUT2D eigenvalue weighted by Gasteiger charge is -2.39. The Hall–Kier alpha value is -1.39. The third kappa shape index (κ3) is 1.56. The number of aromatic nitrogens is 3. The number of hydrogen-bond donors (Lipinski definition) is 0. The van der Waals surface area contributed by atoms with Gasteiger partial charge in [0.1, 0.15) is 0 Å². The van der Waals surface area contributed by atoms with Crippen molar-refractivity contribution >= 4 is 5.91 Å². The van der Waals surface area contributed by atoms with Crippen molar-refractivity contribution in [2.24, 2.45) is 5.92 Å². The smallest absolute Gasteiger partial charge is 0.226 e. The van der Waals surface area contributed by atoms with Gasteiger partial charge < -0.3 is 4.90 Å². The molecule has 2 bridgehead atoms. The molecule has 3 fully saturated rings. The first kappa shape index (κ1) is 10.5. The van der Waals surface area contributed by atoms with Gasteiger partial charge in [0.25, 0.3) is 0 Å². The average Bonchev–Trinajstić information content (AvgIpc) is 3.02. The highest BCUT2D eigenvalue weighted by molar-refractivity contribution is 5.82. The van der Waals surface area contributed by atoms with Crippen LogP contribution in [0.5, 0.6) is 0 Å². The van der Waals surface area contributed by atoms with Gasteiger partial charge in [0.05, 0.1) is 12.2 Å². The molecule has 4 rings (SSSR count). The number of rotatable bonds is 2. The summed E-state index contributed by atoms with van der Waals surface area (Å²) in [6, 6.07) is 1.34. The predicted molar refractivity (Wildman–Crippen MR) is 64.7 cm³/mol. The van der Waals surface area contributed by atoms with E-state index in [1.165, 1.54) is 12.8 Å². The van der Waals surface area contributed by atoms with Crippen LogP contribution in [0.2, 0.25) is 0 Å². The molecule has 96 valence electrons. The van der Waals surface area contributed by atoms with E-state index in [-0.39, 0.29) is 0 Å². The van der Waals surface area contributed by atoms with Crippen molar-refractivity contribution in [2.45, 2.75) is 56.7 Å². The van der Waals surface area contributed by atoms with Crippen LogP contribution in [0, 0.1) is 5.92 Å². The molecule has 5 heteroatoms. The molecule has 18 heavy (non-hydrogen) atoms. The SMILES string of the molecule is O=C(C1CC1)N1C2CCC1CC(n1ccnn1)C2. The van der Waals surface area contributed by atoms with Crippen LogP contribution < -0.4 is 0 Å². The molecule has 3 aliphatic rings. The summed E-state index contributed by atoms with van der Waals surface area (Å²) in [7, 11) is 0. The Morgan fingerprint density at radius 2 is 1.78 bits per heavy atom. The first-order chi connectivity index (χ1) is 8.83. The third-order valence-electron chi connectivity index (χ3n) is 4.70. The first-order valence-electron chi connectivity index (χ1n) is 7.01. The highest BCUT2D eigenvalue weighted by Crippen LogP contribution is 2.43. The molecule has 0 spiro atoms. The van der Waals surface area contributed by atoms with E-state index in [0.29, 0.717) is 30.0 Å². The molecule has 2 saturated heterocycles. The Kier molecular flexibility index (Phi) is 2.22. The fraction of sp³-hybridized carbons (Fsp3) is 0.769. The lowest BCUT2D eigenvalue weighted by Crippen LogP contribution is -2.47. The molecule has 1 aliphatic carbocycles. The highest BCUT2D eigenvalue weighted by atomic mass is 16.2. The molecule has 0 radical (unpaired) electrons.